The summed E-state index contributed by atoms with van der Waals surface area (Å²) in [6, 6.07) is 15.7. The first-order valence-electron chi connectivity index (χ1n) is 10.1. The summed E-state index contributed by atoms with van der Waals surface area (Å²) in [6.45, 7) is -0.177. The van der Waals surface area contributed by atoms with Crippen LogP contribution in [-0.4, -0.2) is 56.5 Å². The minimum Gasteiger partial charge on any atom is -0.394 e. The molecule has 3 N–H and O–H groups in total. The molecule has 8 nitrogen and oxygen atoms in total. The molecule has 2 aromatic rings. The predicted molar refractivity (Wildman–Crippen MR) is 109 cm³/mol. The summed E-state index contributed by atoms with van der Waals surface area (Å²) in [5.41, 5.74) is 3.79. The lowest BCUT2D eigenvalue weighted by atomic mass is 10.0. The SMILES string of the molecule is CNc1ccc(C2OC3OC4C(CO)OC(c5ccc(NC)cc5)OC4C3O2)cc1. The highest BCUT2D eigenvalue weighted by atomic mass is 16.8. The summed E-state index contributed by atoms with van der Waals surface area (Å²) in [5, 5.41) is 16.1. The maximum atomic E-state index is 9.87. The first-order chi connectivity index (χ1) is 14.7. The molecule has 5 rings (SSSR count). The van der Waals surface area contributed by atoms with E-state index in [1.54, 1.807) is 0 Å². The van der Waals surface area contributed by atoms with Crippen molar-refractivity contribution in [2.75, 3.05) is 31.3 Å². The third-order valence-corrected chi connectivity index (χ3v) is 5.81. The van der Waals surface area contributed by atoms with Gasteiger partial charge in [0.1, 0.15) is 24.4 Å². The zero-order valence-corrected chi connectivity index (χ0v) is 16.9. The largest absolute Gasteiger partial charge is 0.394 e. The van der Waals surface area contributed by atoms with Crippen molar-refractivity contribution in [3.05, 3.63) is 59.7 Å². The van der Waals surface area contributed by atoms with Crippen LogP contribution < -0.4 is 10.6 Å². The molecular weight excluding hydrogens is 388 g/mol. The van der Waals surface area contributed by atoms with E-state index in [4.69, 9.17) is 23.7 Å². The fourth-order valence-electron chi connectivity index (χ4n) is 4.14. The van der Waals surface area contributed by atoms with Gasteiger partial charge in [-0.05, 0) is 24.3 Å². The van der Waals surface area contributed by atoms with E-state index in [0.29, 0.717) is 0 Å². The summed E-state index contributed by atoms with van der Waals surface area (Å²) in [6.07, 6.45) is -3.50. The highest BCUT2D eigenvalue weighted by Crippen LogP contribution is 2.45. The van der Waals surface area contributed by atoms with Crippen LogP contribution in [0.15, 0.2) is 48.5 Å². The fourth-order valence-corrected chi connectivity index (χ4v) is 4.14. The molecule has 8 heteroatoms. The highest BCUT2D eigenvalue weighted by Gasteiger charge is 2.58. The van der Waals surface area contributed by atoms with Crippen molar-refractivity contribution in [1.29, 1.82) is 0 Å². The number of benzene rings is 2. The Morgan fingerprint density at radius 3 is 1.73 bits per heavy atom. The number of fused-ring (bicyclic) bond motifs is 3. The third kappa shape index (κ3) is 3.45. The van der Waals surface area contributed by atoms with Gasteiger partial charge in [0.2, 0.25) is 0 Å². The van der Waals surface area contributed by atoms with Crippen molar-refractivity contribution >= 4 is 11.4 Å². The Morgan fingerprint density at radius 2 is 1.20 bits per heavy atom. The molecule has 160 valence electrons. The van der Waals surface area contributed by atoms with Crippen molar-refractivity contribution in [3.8, 4) is 0 Å². The Balaban J connectivity index is 1.33. The second-order valence-corrected chi connectivity index (χ2v) is 7.57. The summed E-state index contributed by atoms with van der Waals surface area (Å²) in [7, 11) is 3.74. The number of aliphatic hydroxyl groups excluding tert-OH is 1. The topological polar surface area (TPSA) is 90.4 Å². The Labute approximate surface area is 175 Å². The smallest absolute Gasteiger partial charge is 0.190 e. The Hall–Kier alpha value is -2.20. The van der Waals surface area contributed by atoms with Crippen molar-refractivity contribution in [2.24, 2.45) is 0 Å². The van der Waals surface area contributed by atoms with E-state index >= 15 is 0 Å². The number of hydrogen-bond acceptors (Lipinski definition) is 8. The molecule has 0 radical (unpaired) electrons. The average Bonchev–Trinajstić information content (AvgIpc) is 3.37. The second kappa shape index (κ2) is 8.14. The summed E-state index contributed by atoms with van der Waals surface area (Å²) >= 11 is 0. The molecule has 30 heavy (non-hydrogen) atoms. The fraction of sp³-hybridized carbons (Fsp3) is 0.455. The predicted octanol–water partition coefficient (Wildman–Crippen LogP) is 2.38. The lowest BCUT2D eigenvalue weighted by molar-refractivity contribution is -0.305. The van der Waals surface area contributed by atoms with Crippen LogP contribution in [-0.2, 0) is 23.7 Å². The van der Waals surface area contributed by atoms with E-state index < -0.39 is 43.3 Å². The zero-order chi connectivity index (χ0) is 20.7. The third-order valence-electron chi connectivity index (χ3n) is 5.81. The summed E-state index contributed by atoms with van der Waals surface area (Å²) in [4.78, 5) is 0. The Kier molecular flexibility index (Phi) is 5.36. The normalized spacial score (nSPS) is 35.0. The standard InChI is InChI=1S/C22H26N2O6/c1-23-14-7-3-12(4-8-14)20-26-16(11-25)17-18(28-20)19-22(27-17)30-21(29-19)13-5-9-15(24-2)10-6-13/h3-10,16-25H,11H2,1-2H3. The van der Waals surface area contributed by atoms with Crippen molar-refractivity contribution in [2.45, 2.75) is 43.3 Å². The lowest BCUT2D eigenvalue weighted by Gasteiger charge is -2.38. The Bertz CT molecular complexity index is 861. The number of rotatable bonds is 5. The highest BCUT2D eigenvalue weighted by molar-refractivity contribution is 5.45. The van der Waals surface area contributed by atoms with Gasteiger partial charge in [0, 0.05) is 36.6 Å². The zero-order valence-electron chi connectivity index (χ0n) is 16.9. The number of aliphatic hydroxyl groups is 1. The molecular formula is C22H26N2O6. The van der Waals surface area contributed by atoms with Crippen LogP contribution in [0.25, 0.3) is 0 Å². The van der Waals surface area contributed by atoms with E-state index in [1.165, 1.54) is 0 Å². The van der Waals surface area contributed by atoms with Crippen LogP contribution >= 0.6 is 0 Å². The number of anilines is 2. The van der Waals surface area contributed by atoms with Gasteiger partial charge in [0.15, 0.2) is 18.9 Å². The number of nitrogens with one attached hydrogen (secondary N) is 2. The molecule has 0 aliphatic carbocycles. The molecule has 3 heterocycles. The van der Waals surface area contributed by atoms with Gasteiger partial charge in [0.25, 0.3) is 0 Å². The van der Waals surface area contributed by atoms with Crippen molar-refractivity contribution in [3.63, 3.8) is 0 Å². The maximum Gasteiger partial charge on any atom is 0.190 e. The first kappa shape index (κ1) is 19.7. The van der Waals surface area contributed by atoms with Crippen molar-refractivity contribution < 1.29 is 28.8 Å². The van der Waals surface area contributed by atoms with Gasteiger partial charge >= 0.3 is 0 Å². The van der Waals surface area contributed by atoms with Gasteiger partial charge in [-0.25, -0.2) is 0 Å². The van der Waals surface area contributed by atoms with E-state index in [0.717, 1.165) is 22.5 Å². The monoisotopic (exact) mass is 414 g/mol. The molecule has 0 saturated carbocycles. The first-order valence-corrected chi connectivity index (χ1v) is 10.1. The van der Waals surface area contributed by atoms with Crippen LogP contribution in [0.4, 0.5) is 11.4 Å². The average molecular weight is 414 g/mol. The minimum absolute atomic E-state index is 0.177. The second-order valence-electron chi connectivity index (χ2n) is 7.57. The molecule has 0 bridgehead atoms. The molecule has 0 amide bonds. The summed E-state index contributed by atoms with van der Waals surface area (Å²) < 4.78 is 30.4. The summed E-state index contributed by atoms with van der Waals surface area (Å²) in [5.74, 6) is 0. The van der Waals surface area contributed by atoms with E-state index in [9.17, 15) is 5.11 Å². The van der Waals surface area contributed by atoms with Gasteiger partial charge in [-0.2, -0.15) is 0 Å². The number of hydrogen-bond donors (Lipinski definition) is 3. The van der Waals surface area contributed by atoms with Crippen molar-refractivity contribution in [1.82, 2.24) is 0 Å². The van der Waals surface area contributed by atoms with Gasteiger partial charge < -0.3 is 39.4 Å². The van der Waals surface area contributed by atoms with Crippen LogP contribution in [0, 0.1) is 0 Å². The molecule has 7 atom stereocenters. The van der Waals surface area contributed by atoms with Crippen LogP contribution in [0.3, 0.4) is 0 Å². The molecule has 7 unspecified atom stereocenters. The molecule has 0 aromatic heterocycles. The molecule has 3 aliphatic rings. The van der Waals surface area contributed by atoms with Gasteiger partial charge in [0.05, 0.1) is 6.61 Å². The maximum absolute atomic E-state index is 9.87. The van der Waals surface area contributed by atoms with E-state index in [2.05, 4.69) is 10.6 Å². The van der Waals surface area contributed by atoms with Crippen LogP contribution in [0.5, 0.6) is 0 Å². The molecule has 0 spiro atoms. The van der Waals surface area contributed by atoms with Gasteiger partial charge in [-0.15, -0.1) is 0 Å². The molecule has 2 aromatic carbocycles. The van der Waals surface area contributed by atoms with E-state index in [1.807, 2.05) is 62.6 Å². The number of ether oxygens (including phenoxy) is 5. The van der Waals surface area contributed by atoms with Crippen LogP contribution in [0.1, 0.15) is 23.7 Å². The van der Waals surface area contributed by atoms with Gasteiger partial charge in [-0.3, -0.25) is 0 Å². The molecule has 3 fully saturated rings. The Morgan fingerprint density at radius 1 is 0.667 bits per heavy atom. The lowest BCUT2D eigenvalue weighted by Crippen LogP contribution is -2.50. The minimum atomic E-state index is -0.616. The van der Waals surface area contributed by atoms with Gasteiger partial charge in [-0.1, -0.05) is 24.3 Å². The van der Waals surface area contributed by atoms with Crippen LogP contribution in [0.2, 0.25) is 0 Å². The van der Waals surface area contributed by atoms with E-state index in [-0.39, 0.29) is 6.61 Å². The molecule has 3 aliphatic heterocycles. The quantitative estimate of drug-likeness (QED) is 0.687. The molecule has 3 saturated heterocycles.